The standard InChI is InChI=1S/C10H17N3O4/c1-7(5-11)6-13(2)10(17)12-8(3-4-14)9(15)16/h7-8,14H,3-4,6H2,1-2H3,(H,12,17)(H,15,16)/t7?,8-/m1/s1. The van der Waals surface area contributed by atoms with E-state index in [1.165, 1.54) is 11.9 Å². The first-order valence-corrected chi connectivity index (χ1v) is 5.17. The molecular weight excluding hydrogens is 226 g/mol. The van der Waals surface area contributed by atoms with Crippen LogP contribution in [0.25, 0.3) is 0 Å². The molecule has 2 amide bonds. The molecule has 96 valence electrons. The molecule has 1 unspecified atom stereocenters. The summed E-state index contributed by atoms with van der Waals surface area (Å²) in [6.07, 6.45) is -0.0529. The van der Waals surface area contributed by atoms with Crippen LogP contribution in [0.3, 0.4) is 0 Å². The summed E-state index contributed by atoms with van der Waals surface area (Å²) in [5.74, 6) is -1.53. The highest BCUT2D eigenvalue weighted by Gasteiger charge is 2.21. The molecule has 0 bridgehead atoms. The molecule has 0 radical (unpaired) electrons. The lowest BCUT2D eigenvalue weighted by molar-refractivity contribution is -0.139. The molecule has 17 heavy (non-hydrogen) atoms. The summed E-state index contributed by atoms with van der Waals surface area (Å²) in [5.41, 5.74) is 0. The van der Waals surface area contributed by atoms with Crippen molar-refractivity contribution in [3.05, 3.63) is 0 Å². The number of aliphatic hydroxyl groups excluding tert-OH is 1. The fourth-order valence-electron chi connectivity index (χ4n) is 1.18. The second-order valence-electron chi connectivity index (χ2n) is 3.76. The number of hydrogen-bond donors (Lipinski definition) is 3. The molecule has 0 aromatic heterocycles. The Kier molecular flexibility index (Phi) is 6.67. The van der Waals surface area contributed by atoms with Gasteiger partial charge in [0.1, 0.15) is 6.04 Å². The van der Waals surface area contributed by atoms with Gasteiger partial charge in [-0.25, -0.2) is 9.59 Å². The maximum absolute atomic E-state index is 11.5. The summed E-state index contributed by atoms with van der Waals surface area (Å²) in [5, 5.41) is 28.3. The number of carboxylic acid groups (broad SMARTS) is 1. The first-order chi connectivity index (χ1) is 7.92. The van der Waals surface area contributed by atoms with E-state index >= 15 is 0 Å². The highest BCUT2D eigenvalue weighted by atomic mass is 16.4. The van der Waals surface area contributed by atoms with Crippen molar-refractivity contribution < 1.29 is 19.8 Å². The van der Waals surface area contributed by atoms with E-state index in [1.54, 1.807) is 6.92 Å². The van der Waals surface area contributed by atoms with E-state index in [1.807, 2.05) is 6.07 Å². The summed E-state index contributed by atoms with van der Waals surface area (Å²) in [4.78, 5) is 23.5. The summed E-state index contributed by atoms with van der Waals surface area (Å²) in [6, 6.07) is 0.280. The SMILES string of the molecule is CC(C#N)CN(C)C(=O)N[C@H](CCO)C(=O)O. The molecule has 0 saturated heterocycles. The number of carbonyl (C=O) groups is 2. The van der Waals surface area contributed by atoms with Crippen LogP contribution in [0.1, 0.15) is 13.3 Å². The van der Waals surface area contributed by atoms with Crippen LogP contribution < -0.4 is 5.32 Å². The van der Waals surface area contributed by atoms with E-state index in [4.69, 9.17) is 15.5 Å². The average molecular weight is 243 g/mol. The van der Waals surface area contributed by atoms with Crippen molar-refractivity contribution in [3.63, 3.8) is 0 Å². The molecule has 0 heterocycles. The van der Waals surface area contributed by atoms with Gasteiger partial charge in [0, 0.05) is 26.6 Å². The van der Waals surface area contributed by atoms with Gasteiger partial charge in [0.2, 0.25) is 0 Å². The number of aliphatic carboxylic acids is 1. The second kappa shape index (κ2) is 7.46. The van der Waals surface area contributed by atoms with E-state index in [2.05, 4.69) is 5.32 Å². The van der Waals surface area contributed by atoms with Crippen molar-refractivity contribution >= 4 is 12.0 Å². The van der Waals surface area contributed by atoms with Gasteiger partial charge in [-0.3, -0.25) is 0 Å². The summed E-state index contributed by atoms with van der Waals surface area (Å²) in [6.45, 7) is 1.55. The van der Waals surface area contributed by atoms with Gasteiger partial charge in [-0.15, -0.1) is 0 Å². The molecule has 0 aliphatic carbocycles. The minimum absolute atomic E-state index is 0.0529. The molecular formula is C10H17N3O4. The molecule has 3 N–H and O–H groups in total. The largest absolute Gasteiger partial charge is 0.480 e. The van der Waals surface area contributed by atoms with E-state index in [0.717, 1.165) is 0 Å². The Balaban J connectivity index is 4.31. The molecule has 0 aromatic rings. The zero-order valence-electron chi connectivity index (χ0n) is 9.88. The van der Waals surface area contributed by atoms with Gasteiger partial charge in [-0.1, -0.05) is 0 Å². The number of nitriles is 1. The Morgan fingerprint density at radius 2 is 2.12 bits per heavy atom. The van der Waals surface area contributed by atoms with E-state index in [9.17, 15) is 9.59 Å². The number of amides is 2. The molecule has 0 aliphatic heterocycles. The smallest absolute Gasteiger partial charge is 0.326 e. The molecule has 0 aromatic carbocycles. The van der Waals surface area contributed by atoms with Gasteiger partial charge >= 0.3 is 12.0 Å². The number of aliphatic hydroxyl groups is 1. The molecule has 2 atom stereocenters. The first kappa shape index (κ1) is 15.2. The van der Waals surface area contributed by atoms with Crippen LogP contribution in [0, 0.1) is 17.2 Å². The zero-order valence-corrected chi connectivity index (χ0v) is 9.88. The number of carbonyl (C=O) groups excluding carboxylic acids is 1. The Labute approximate surface area is 99.6 Å². The molecule has 0 fully saturated rings. The van der Waals surface area contributed by atoms with Gasteiger partial charge in [0.05, 0.1) is 12.0 Å². The van der Waals surface area contributed by atoms with E-state index < -0.39 is 18.0 Å². The number of urea groups is 1. The average Bonchev–Trinajstić information content (AvgIpc) is 2.27. The number of hydrogen-bond acceptors (Lipinski definition) is 4. The molecule has 0 rings (SSSR count). The fourth-order valence-corrected chi connectivity index (χ4v) is 1.18. The van der Waals surface area contributed by atoms with Crippen LogP contribution in [-0.4, -0.2) is 53.4 Å². The Morgan fingerprint density at radius 3 is 2.53 bits per heavy atom. The molecule has 0 spiro atoms. The number of nitrogens with zero attached hydrogens (tertiary/aromatic N) is 2. The molecule has 0 saturated carbocycles. The summed E-state index contributed by atoms with van der Waals surface area (Å²) < 4.78 is 0. The minimum Gasteiger partial charge on any atom is -0.480 e. The van der Waals surface area contributed by atoms with Gasteiger partial charge in [0.15, 0.2) is 0 Å². The second-order valence-corrected chi connectivity index (χ2v) is 3.76. The third-order valence-electron chi connectivity index (χ3n) is 2.13. The van der Waals surface area contributed by atoms with Gasteiger partial charge in [0.25, 0.3) is 0 Å². The normalized spacial score (nSPS) is 13.3. The monoisotopic (exact) mass is 243 g/mol. The van der Waals surface area contributed by atoms with E-state index in [-0.39, 0.29) is 25.5 Å². The van der Waals surface area contributed by atoms with Crippen molar-refractivity contribution in [2.75, 3.05) is 20.2 Å². The predicted octanol–water partition coefficient (Wildman–Crippen LogP) is -0.377. The lowest BCUT2D eigenvalue weighted by Gasteiger charge is -2.21. The van der Waals surface area contributed by atoms with Crippen molar-refractivity contribution in [2.24, 2.45) is 5.92 Å². The minimum atomic E-state index is -1.20. The van der Waals surface area contributed by atoms with Crippen molar-refractivity contribution in [2.45, 2.75) is 19.4 Å². The molecule has 0 aliphatic rings. The van der Waals surface area contributed by atoms with Gasteiger partial charge in [-0.2, -0.15) is 5.26 Å². The van der Waals surface area contributed by atoms with E-state index in [0.29, 0.717) is 0 Å². The van der Waals surface area contributed by atoms with Crippen LogP contribution in [0.15, 0.2) is 0 Å². The molecule has 7 nitrogen and oxygen atoms in total. The van der Waals surface area contributed by atoms with Crippen LogP contribution >= 0.6 is 0 Å². The third kappa shape index (κ3) is 5.73. The highest BCUT2D eigenvalue weighted by molar-refractivity contribution is 5.82. The fraction of sp³-hybridized carbons (Fsp3) is 0.700. The highest BCUT2D eigenvalue weighted by Crippen LogP contribution is 1.98. The van der Waals surface area contributed by atoms with Gasteiger partial charge in [-0.05, 0) is 6.92 Å². The van der Waals surface area contributed by atoms with Crippen molar-refractivity contribution in [1.29, 1.82) is 5.26 Å². The first-order valence-electron chi connectivity index (χ1n) is 5.17. The number of carboxylic acids is 1. The van der Waals surface area contributed by atoms with Crippen LogP contribution in [0.5, 0.6) is 0 Å². The summed E-state index contributed by atoms with van der Waals surface area (Å²) in [7, 11) is 1.47. The maximum Gasteiger partial charge on any atom is 0.326 e. The van der Waals surface area contributed by atoms with Gasteiger partial charge < -0.3 is 20.4 Å². The number of nitrogens with one attached hydrogen (secondary N) is 1. The summed E-state index contributed by atoms with van der Waals surface area (Å²) >= 11 is 0. The maximum atomic E-state index is 11.5. The number of rotatable bonds is 6. The lowest BCUT2D eigenvalue weighted by Crippen LogP contribution is -2.47. The molecule has 7 heteroatoms. The Bertz CT molecular complexity index is 313. The Morgan fingerprint density at radius 1 is 1.53 bits per heavy atom. The predicted molar refractivity (Wildman–Crippen MR) is 59.1 cm³/mol. The third-order valence-corrected chi connectivity index (χ3v) is 2.13. The topological polar surface area (TPSA) is 114 Å². The lowest BCUT2D eigenvalue weighted by atomic mass is 10.2. The quantitative estimate of drug-likeness (QED) is 0.588. The van der Waals surface area contributed by atoms with Crippen molar-refractivity contribution in [3.8, 4) is 6.07 Å². The van der Waals surface area contributed by atoms with Crippen molar-refractivity contribution in [1.82, 2.24) is 10.2 Å². The van der Waals surface area contributed by atoms with Crippen LogP contribution in [-0.2, 0) is 4.79 Å². The Hall–Kier alpha value is -1.81. The zero-order chi connectivity index (χ0) is 13.4. The van der Waals surface area contributed by atoms with Crippen LogP contribution in [0.2, 0.25) is 0 Å². The van der Waals surface area contributed by atoms with Crippen LogP contribution in [0.4, 0.5) is 4.79 Å².